The molecule has 98 valence electrons. The van der Waals surface area contributed by atoms with Gasteiger partial charge in [-0.15, -0.1) is 0 Å². The fourth-order valence-corrected chi connectivity index (χ4v) is 1.90. The molecule has 18 heavy (non-hydrogen) atoms. The average Bonchev–Trinajstić information content (AvgIpc) is 2.76. The van der Waals surface area contributed by atoms with Crippen LogP contribution in [0.5, 0.6) is 0 Å². The Morgan fingerprint density at radius 2 is 2.11 bits per heavy atom. The van der Waals surface area contributed by atoms with Crippen LogP contribution >= 0.6 is 0 Å². The normalized spacial score (nSPS) is 18.3. The molecule has 0 radical (unpaired) electrons. The van der Waals surface area contributed by atoms with Crippen LogP contribution in [-0.4, -0.2) is 40.9 Å². The molecule has 1 fully saturated rings. The topological polar surface area (TPSA) is 102 Å². The van der Waals surface area contributed by atoms with E-state index in [1.807, 2.05) is 0 Å². The molecule has 0 unspecified atom stereocenters. The van der Waals surface area contributed by atoms with E-state index >= 15 is 0 Å². The van der Waals surface area contributed by atoms with Crippen molar-refractivity contribution in [2.24, 2.45) is 0 Å². The summed E-state index contributed by atoms with van der Waals surface area (Å²) in [5.41, 5.74) is -0.714. The van der Waals surface area contributed by atoms with Crippen LogP contribution in [0.15, 0.2) is 10.7 Å². The highest BCUT2D eigenvalue weighted by Gasteiger charge is 2.42. The van der Waals surface area contributed by atoms with Crippen molar-refractivity contribution in [2.75, 3.05) is 13.2 Å². The van der Waals surface area contributed by atoms with Gasteiger partial charge in [-0.3, -0.25) is 4.79 Å². The molecule has 1 aliphatic heterocycles. The summed E-state index contributed by atoms with van der Waals surface area (Å²) in [6.45, 7) is 2.28. The van der Waals surface area contributed by atoms with Crippen molar-refractivity contribution in [1.82, 2.24) is 10.5 Å². The summed E-state index contributed by atoms with van der Waals surface area (Å²) >= 11 is 0. The molecule has 2 heterocycles. The number of hydrogen-bond acceptors (Lipinski definition) is 5. The van der Waals surface area contributed by atoms with E-state index in [-0.39, 0.29) is 18.6 Å². The van der Waals surface area contributed by atoms with Crippen molar-refractivity contribution in [3.63, 3.8) is 0 Å². The Hall–Kier alpha value is -1.89. The zero-order valence-corrected chi connectivity index (χ0v) is 9.93. The lowest BCUT2D eigenvalue weighted by Gasteiger charge is -2.33. The molecule has 7 nitrogen and oxygen atoms in total. The minimum atomic E-state index is -1.28. The second-order valence-electron chi connectivity index (χ2n) is 4.29. The Bertz CT molecular complexity index is 462. The lowest BCUT2D eigenvalue weighted by Crippen LogP contribution is -2.57. The average molecular weight is 254 g/mol. The number of aromatic nitrogens is 1. The molecular formula is C11H14N2O5. The predicted octanol–water partition coefficient (Wildman–Crippen LogP) is 0.347. The molecule has 2 N–H and O–H groups in total. The van der Waals surface area contributed by atoms with E-state index in [0.717, 1.165) is 0 Å². The van der Waals surface area contributed by atoms with Crippen LogP contribution in [0.25, 0.3) is 0 Å². The number of amides is 1. The van der Waals surface area contributed by atoms with Crippen LogP contribution in [0.4, 0.5) is 0 Å². The summed E-state index contributed by atoms with van der Waals surface area (Å²) in [6, 6.07) is 0. The van der Waals surface area contributed by atoms with Crippen molar-refractivity contribution in [1.29, 1.82) is 0 Å². The fourth-order valence-electron chi connectivity index (χ4n) is 1.90. The third-order valence-electron chi connectivity index (χ3n) is 3.06. The van der Waals surface area contributed by atoms with E-state index in [9.17, 15) is 14.7 Å². The third-order valence-corrected chi connectivity index (χ3v) is 3.06. The minimum Gasteiger partial charge on any atom is -0.480 e. The van der Waals surface area contributed by atoms with E-state index in [0.29, 0.717) is 18.8 Å². The largest absolute Gasteiger partial charge is 0.480 e. The molecule has 1 aromatic rings. The van der Waals surface area contributed by atoms with E-state index in [1.165, 1.54) is 6.20 Å². The number of rotatable bonds is 3. The molecule has 7 heteroatoms. The maximum absolute atomic E-state index is 12.0. The van der Waals surface area contributed by atoms with Gasteiger partial charge in [0.2, 0.25) is 5.76 Å². The smallest absolute Gasteiger partial charge is 0.329 e. The molecule has 0 spiro atoms. The van der Waals surface area contributed by atoms with Crippen LogP contribution in [0, 0.1) is 6.92 Å². The first-order valence-electron chi connectivity index (χ1n) is 5.60. The standard InChI is InChI=1S/C11H14N2O5/c1-7-6-12-18-8(7)9(14)13-11(10(15)16)2-4-17-5-3-11/h6H,2-5H2,1H3,(H,13,14)(H,15,16). The first-order chi connectivity index (χ1) is 8.55. The zero-order chi connectivity index (χ0) is 13.2. The predicted molar refractivity (Wildman–Crippen MR) is 59.1 cm³/mol. The van der Waals surface area contributed by atoms with Crippen molar-refractivity contribution >= 4 is 11.9 Å². The molecule has 0 saturated carbocycles. The van der Waals surface area contributed by atoms with E-state index in [2.05, 4.69) is 10.5 Å². The van der Waals surface area contributed by atoms with Crippen LogP contribution in [0.3, 0.4) is 0 Å². The number of hydrogen-bond donors (Lipinski definition) is 2. The van der Waals surface area contributed by atoms with Crippen LogP contribution in [0.2, 0.25) is 0 Å². The number of carbonyl (C=O) groups is 2. The number of carboxylic acid groups (broad SMARTS) is 1. The number of carbonyl (C=O) groups excluding carboxylic acids is 1. The number of carboxylic acids is 1. The van der Waals surface area contributed by atoms with Crippen molar-refractivity contribution in [3.05, 3.63) is 17.5 Å². The second kappa shape index (κ2) is 4.77. The number of aliphatic carboxylic acids is 1. The summed E-state index contributed by atoms with van der Waals surface area (Å²) in [7, 11) is 0. The highest BCUT2D eigenvalue weighted by Crippen LogP contribution is 2.22. The molecular weight excluding hydrogens is 240 g/mol. The Morgan fingerprint density at radius 3 is 2.61 bits per heavy atom. The van der Waals surface area contributed by atoms with Crippen molar-refractivity contribution < 1.29 is 24.0 Å². The monoisotopic (exact) mass is 254 g/mol. The highest BCUT2D eigenvalue weighted by molar-refractivity contribution is 5.96. The first-order valence-corrected chi connectivity index (χ1v) is 5.60. The number of aryl methyl sites for hydroxylation is 1. The SMILES string of the molecule is Cc1cnoc1C(=O)NC1(C(=O)O)CCOCC1. The molecule has 0 bridgehead atoms. The Labute approximate surface area is 103 Å². The maximum Gasteiger partial charge on any atom is 0.329 e. The summed E-state index contributed by atoms with van der Waals surface area (Å²) in [5, 5.41) is 15.3. The molecule has 1 amide bonds. The van der Waals surface area contributed by atoms with E-state index < -0.39 is 17.4 Å². The number of nitrogens with zero attached hydrogens (tertiary/aromatic N) is 1. The summed E-state index contributed by atoms with van der Waals surface area (Å²) in [4.78, 5) is 23.3. The molecule has 0 aliphatic carbocycles. The summed E-state index contributed by atoms with van der Waals surface area (Å²) in [5.74, 6) is -1.58. The van der Waals surface area contributed by atoms with Crippen molar-refractivity contribution in [3.8, 4) is 0 Å². The Kier molecular flexibility index (Phi) is 3.33. The third kappa shape index (κ3) is 2.21. The maximum atomic E-state index is 12.0. The Morgan fingerprint density at radius 1 is 1.44 bits per heavy atom. The van der Waals surface area contributed by atoms with Crippen molar-refractivity contribution in [2.45, 2.75) is 25.3 Å². The fraction of sp³-hybridized carbons (Fsp3) is 0.545. The summed E-state index contributed by atoms with van der Waals surface area (Å²) in [6.07, 6.45) is 1.88. The van der Waals surface area contributed by atoms with Gasteiger partial charge < -0.3 is 19.7 Å². The van der Waals surface area contributed by atoms with Gasteiger partial charge in [0, 0.05) is 31.6 Å². The second-order valence-corrected chi connectivity index (χ2v) is 4.29. The van der Waals surface area contributed by atoms with E-state index in [1.54, 1.807) is 6.92 Å². The Balaban J connectivity index is 2.17. The zero-order valence-electron chi connectivity index (χ0n) is 9.93. The van der Waals surface area contributed by atoms with Gasteiger partial charge in [-0.1, -0.05) is 5.16 Å². The van der Waals surface area contributed by atoms with Gasteiger partial charge in [-0.2, -0.15) is 0 Å². The number of nitrogens with one attached hydrogen (secondary N) is 1. The van der Waals surface area contributed by atoms with Crippen LogP contribution in [-0.2, 0) is 9.53 Å². The van der Waals surface area contributed by atoms with Gasteiger partial charge in [0.15, 0.2) is 0 Å². The quantitative estimate of drug-likeness (QED) is 0.806. The lowest BCUT2D eigenvalue weighted by atomic mass is 9.90. The van der Waals surface area contributed by atoms with Gasteiger partial charge >= 0.3 is 5.97 Å². The minimum absolute atomic E-state index is 0.0436. The number of ether oxygens (including phenoxy) is 1. The van der Waals surface area contributed by atoms with Crippen LogP contribution in [0.1, 0.15) is 29.0 Å². The molecule has 1 aliphatic rings. The first kappa shape index (κ1) is 12.6. The molecule has 1 aromatic heterocycles. The lowest BCUT2D eigenvalue weighted by molar-refractivity contribution is -0.148. The van der Waals surface area contributed by atoms with Gasteiger partial charge in [-0.05, 0) is 6.92 Å². The molecule has 1 saturated heterocycles. The van der Waals surface area contributed by atoms with Gasteiger partial charge in [0.25, 0.3) is 5.91 Å². The van der Waals surface area contributed by atoms with Gasteiger partial charge in [-0.25, -0.2) is 4.79 Å². The molecule has 2 rings (SSSR count). The molecule has 0 aromatic carbocycles. The van der Waals surface area contributed by atoms with E-state index in [4.69, 9.17) is 9.26 Å². The van der Waals surface area contributed by atoms with Crippen LogP contribution < -0.4 is 5.32 Å². The van der Waals surface area contributed by atoms with Gasteiger partial charge in [0.05, 0.1) is 6.20 Å². The molecule has 0 atom stereocenters. The highest BCUT2D eigenvalue weighted by atomic mass is 16.5. The van der Waals surface area contributed by atoms with Gasteiger partial charge in [0.1, 0.15) is 5.54 Å². The summed E-state index contributed by atoms with van der Waals surface area (Å²) < 4.78 is 9.93.